The second-order valence-electron chi connectivity index (χ2n) is 4.95. The van der Waals surface area contributed by atoms with Gasteiger partial charge in [0.25, 0.3) is 11.8 Å². The number of halogens is 1. The Balaban J connectivity index is 1.74. The van der Waals surface area contributed by atoms with E-state index < -0.39 is 0 Å². The summed E-state index contributed by atoms with van der Waals surface area (Å²) in [6, 6.07) is 16.7. The number of hydrogen-bond acceptors (Lipinski definition) is 3. The van der Waals surface area contributed by atoms with E-state index in [0.717, 1.165) is 0 Å². The summed E-state index contributed by atoms with van der Waals surface area (Å²) in [5, 5.41) is 5.86. The monoisotopic (exact) mass is 340 g/mol. The Morgan fingerprint density at radius 1 is 0.875 bits per heavy atom. The van der Waals surface area contributed by atoms with Crippen molar-refractivity contribution in [2.45, 2.75) is 0 Å². The smallest absolute Gasteiger partial charge is 0.291 e. The largest absolute Gasteiger partial charge is 0.459 e. The Morgan fingerprint density at radius 2 is 1.71 bits per heavy atom. The molecule has 2 aromatic carbocycles. The minimum Gasteiger partial charge on any atom is -0.459 e. The van der Waals surface area contributed by atoms with Crippen LogP contribution in [0.1, 0.15) is 20.9 Å². The highest BCUT2D eigenvalue weighted by Gasteiger charge is 2.12. The molecule has 5 nitrogen and oxygen atoms in total. The van der Waals surface area contributed by atoms with Gasteiger partial charge in [0.1, 0.15) is 0 Å². The molecule has 6 heteroatoms. The van der Waals surface area contributed by atoms with Crippen LogP contribution in [-0.4, -0.2) is 11.8 Å². The summed E-state index contributed by atoms with van der Waals surface area (Å²) >= 11 is 6.03. The lowest BCUT2D eigenvalue weighted by molar-refractivity contribution is 0.0993. The summed E-state index contributed by atoms with van der Waals surface area (Å²) in [5.41, 5.74) is 1.41. The van der Waals surface area contributed by atoms with Gasteiger partial charge in [-0.05, 0) is 42.5 Å². The summed E-state index contributed by atoms with van der Waals surface area (Å²) in [5.74, 6) is -0.512. The molecule has 2 amide bonds. The Kier molecular flexibility index (Phi) is 4.63. The van der Waals surface area contributed by atoms with Gasteiger partial charge in [-0.25, -0.2) is 0 Å². The van der Waals surface area contributed by atoms with E-state index >= 15 is 0 Å². The van der Waals surface area contributed by atoms with Crippen LogP contribution in [0.25, 0.3) is 0 Å². The van der Waals surface area contributed by atoms with E-state index in [1.165, 1.54) is 6.26 Å². The molecule has 120 valence electrons. The fourth-order valence-electron chi connectivity index (χ4n) is 2.10. The van der Waals surface area contributed by atoms with Crippen molar-refractivity contribution in [2.24, 2.45) is 0 Å². The zero-order valence-corrected chi connectivity index (χ0v) is 13.2. The highest BCUT2D eigenvalue weighted by molar-refractivity contribution is 6.33. The van der Waals surface area contributed by atoms with Crippen molar-refractivity contribution in [3.05, 3.63) is 83.3 Å². The van der Waals surface area contributed by atoms with Crippen molar-refractivity contribution >= 4 is 34.8 Å². The molecule has 0 saturated carbocycles. The molecule has 0 unspecified atom stereocenters. The first-order valence-corrected chi connectivity index (χ1v) is 7.52. The van der Waals surface area contributed by atoms with Gasteiger partial charge in [0, 0.05) is 11.3 Å². The molecule has 0 radical (unpaired) electrons. The highest BCUT2D eigenvalue weighted by Crippen LogP contribution is 2.21. The number of hydrogen-bond donors (Lipinski definition) is 2. The van der Waals surface area contributed by atoms with E-state index in [9.17, 15) is 9.59 Å². The number of rotatable bonds is 4. The standard InChI is InChI=1S/C18H13ClN2O3/c19-14-7-1-2-8-15(14)21-17(22)12-5-3-6-13(11-12)20-18(23)16-9-4-10-24-16/h1-11H,(H,20,23)(H,21,22). The van der Waals surface area contributed by atoms with Crippen LogP contribution >= 0.6 is 11.6 Å². The molecule has 0 aliphatic heterocycles. The molecule has 1 heterocycles. The first-order chi connectivity index (χ1) is 11.6. The van der Waals surface area contributed by atoms with Crippen LogP contribution in [0.4, 0.5) is 11.4 Å². The van der Waals surface area contributed by atoms with E-state index in [1.807, 2.05) is 0 Å². The van der Waals surface area contributed by atoms with E-state index in [0.29, 0.717) is 22.0 Å². The molecule has 24 heavy (non-hydrogen) atoms. The average Bonchev–Trinajstić information content (AvgIpc) is 3.12. The number of nitrogens with one attached hydrogen (secondary N) is 2. The lowest BCUT2D eigenvalue weighted by Gasteiger charge is -2.09. The Bertz CT molecular complexity index is 875. The average molecular weight is 341 g/mol. The number of carbonyl (C=O) groups excluding carboxylic acids is 2. The van der Waals surface area contributed by atoms with Gasteiger partial charge in [0.05, 0.1) is 17.0 Å². The van der Waals surface area contributed by atoms with Crippen LogP contribution in [0, 0.1) is 0 Å². The van der Waals surface area contributed by atoms with Crippen molar-refractivity contribution in [3.8, 4) is 0 Å². The third-order valence-electron chi connectivity index (χ3n) is 3.25. The molecular formula is C18H13ClN2O3. The number of para-hydroxylation sites is 1. The maximum atomic E-state index is 12.3. The van der Waals surface area contributed by atoms with Gasteiger partial charge >= 0.3 is 0 Å². The Hall–Kier alpha value is -3.05. The SMILES string of the molecule is O=C(Nc1ccccc1Cl)c1cccc(NC(=O)c2ccco2)c1. The molecule has 0 spiro atoms. The minimum absolute atomic E-state index is 0.195. The summed E-state index contributed by atoms with van der Waals surface area (Å²) in [6.45, 7) is 0. The fourth-order valence-corrected chi connectivity index (χ4v) is 2.28. The zero-order valence-electron chi connectivity index (χ0n) is 12.5. The Morgan fingerprint density at radius 3 is 2.46 bits per heavy atom. The van der Waals surface area contributed by atoms with Gasteiger partial charge in [-0.2, -0.15) is 0 Å². The second-order valence-corrected chi connectivity index (χ2v) is 5.35. The van der Waals surface area contributed by atoms with Crippen LogP contribution in [-0.2, 0) is 0 Å². The Labute approximate surface area is 143 Å². The predicted molar refractivity (Wildman–Crippen MR) is 92.5 cm³/mol. The molecule has 0 saturated heterocycles. The van der Waals surface area contributed by atoms with Crippen molar-refractivity contribution < 1.29 is 14.0 Å². The molecule has 3 rings (SSSR count). The first-order valence-electron chi connectivity index (χ1n) is 7.14. The molecule has 0 fully saturated rings. The molecule has 0 aliphatic carbocycles. The van der Waals surface area contributed by atoms with Crippen LogP contribution in [0.3, 0.4) is 0 Å². The third-order valence-corrected chi connectivity index (χ3v) is 3.58. The molecule has 3 aromatic rings. The van der Waals surface area contributed by atoms with Gasteiger partial charge in [0.15, 0.2) is 5.76 Å². The van der Waals surface area contributed by atoms with Crippen LogP contribution in [0.2, 0.25) is 5.02 Å². The fraction of sp³-hybridized carbons (Fsp3) is 0. The molecule has 0 bridgehead atoms. The molecule has 2 N–H and O–H groups in total. The molecular weight excluding hydrogens is 328 g/mol. The van der Waals surface area contributed by atoms with Gasteiger partial charge < -0.3 is 15.1 Å². The molecule has 1 aromatic heterocycles. The van der Waals surface area contributed by atoms with Crippen molar-refractivity contribution in [1.29, 1.82) is 0 Å². The second kappa shape index (κ2) is 7.02. The van der Waals surface area contributed by atoms with E-state index in [4.69, 9.17) is 16.0 Å². The van der Waals surface area contributed by atoms with Crippen molar-refractivity contribution in [2.75, 3.05) is 10.6 Å². The van der Waals surface area contributed by atoms with Gasteiger partial charge in [-0.15, -0.1) is 0 Å². The normalized spacial score (nSPS) is 10.2. The summed E-state index contributed by atoms with van der Waals surface area (Å²) < 4.78 is 5.03. The number of amides is 2. The first kappa shape index (κ1) is 15.8. The summed E-state index contributed by atoms with van der Waals surface area (Å²) in [6.07, 6.45) is 1.42. The molecule has 0 atom stereocenters. The zero-order chi connectivity index (χ0) is 16.9. The number of furan rings is 1. The van der Waals surface area contributed by atoms with Crippen molar-refractivity contribution in [3.63, 3.8) is 0 Å². The van der Waals surface area contributed by atoms with Crippen LogP contribution < -0.4 is 10.6 Å². The van der Waals surface area contributed by atoms with E-state index in [2.05, 4.69) is 10.6 Å². The lowest BCUT2D eigenvalue weighted by Crippen LogP contribution is -2.14. The summed E-state index contributed by atoms with van der Waals surface area (Å²) in [7, 11) is 0. The number of anilines is 2. The topological polar surface area (TPSA) is 71.3 Å². The van der Waals surface area contributed by atoms with Crippen molar-refractivity contribution in [1.82, 2.24) is 0 Å². The van der Waals surface area contributed by atoms with Gasteiger partial charge in [-0.1, -0.05) is 29.8 Å². The van der Waals surface area contributed by atoms with E-state index in [1.54, 1.807) is 60.7 Å². The third kappa shape index (κ3) is 3.64. The minimum atomic E-state index is -0.385. The summed E-state index contributed by atoms with van der Waals surface area (Å²) in [4.78, 5) is 24.3. The lowest BCUT2D eigenvalue weighted by atomic mass is 10.1. The predicted octanol–water partition coefficient (Wildman–Crippen LogP) is 4.44. The van der Waals surface area contributed by atoms with Gasteiger partial charge in [-0.3, -0.25) is 9.59 Å². The quantitative estimate of drug-likeness (QED) is 0.737. The maximum Gasteiger partial charge on any atom is 0.291 e. The van der Waals surface area contributed by atoms with Crippen LogP contribution in [0.5, 0.6) is 0 Å². The van der Waals surface area contributed by atoms with Gasteiger partial charge in [0.2, 0.25) is 0 Å². The number of benzene rings is 2. The maximum absolute atomic E-state index is 12.3. The van der Waals surface area contributed by atoms with Crippen LogP contribution in [0.15, 0.2) is 71.3 Å². The number of carbonyl (C=O) groups is 2. The molecule has 0 aliphatic rings. The highest BCUT2D eigenvalue weighted by atomic mass is 35.5. The van der Waals surface area contributed by atoms with E-state index in [-0.39, 0.29) is 17.6 Å².